The molecule has 0 heterocycles. The largest absolute Gasteiger partial charge is 0.458 e. The van der Waals surface area contributed by atoms with E-state index in [1.54, 1.807) is 27.7 Å². The molecule has 2 unspecified atom stereocenters. The quantitative estimate of drug-likeness (QED) is 0.0642. The van der Waals surface area contributed by atoms with Crippen LogP contribution in [0.5, 0.6) is 0 Å². The second kappa shape index (κ2) is 19.6. The lowest BCUT2D eigenvalue weighted by Crippen LogP contribution is -2.29. The third-order valence-electron chi connectivity index (χ3n) is 6.48. The molecule has 10 nitrogen and oxygen atoms in total. The highest BCUT2D eigenvalue weighted by atomic mass is 35.5. The van der Waals surface area contributed by atoms with Gasteiger partial charge in [-0.15, -0.1) is 0 Å². The first kappa shape index (κ1) is 41.7. The Labute approximate surface area is 313 Å². The van der Waals surface area contributed by atoms with Gasteiger partial charge < -0.3 is 25.8 Å². The number of halogens is 6. The summed E-state index contributed by atoms with van der Waals surface area (Å²) < 4.78 is 10.5. The normalized spacial score (nSPS) is 13.5. The summed E-state index contributed by atoms with van der Waals surface area (Å²) >= 11 is 36.7. The van der Waals surface area contributed by atoms with Gasteiger partial charge in [-0.2, -0.15) is 0 Å². The Balaban J connectivity index is 2.51. The van der Waals surface area contributed by atoms with E-state index in [1.165, 1.54) is 48.6 Å². The number of anilines is 2. The highest BCUT2D eigenvalue weighted by molar-refractivity contribution is 6.50. The summed E-state index contributed by atoms with van der Waals surface area (Å²) in [5.41, 5.74) is 4.05. The minimum atomic E-state index is -1.05. The molecule has 0 radical (unpaired) electrons. The van der Waals surface area contributed by atoms with Gasteiger partial charge >= 0.3 is 11.9 Å². The minimum absolute atomic E-state index is 0.00274. The van der Waals surface area contributed by atoms with E-state index in [0.717, 1.165) is 6.08 Å². The molecule has 5 N–H and O–H groups in total. The number of nitrogens with two attached hydrogens (primary N) is 1. The molecule has 2 amide bonds. The van der Waals surface area contributed by atoms with Gasteiger partial charge in [0.1, 0.15) is 5.70 Å². The van der Waals surface area contributed by atoms with Crippen molar-refractivity contribution >= 4 is 110 Å². The number of hydrogen-bond donors (Lipinski definition) is 4. The number of rotatable bonds is 14. The molecule has 49 heavy (non-hydrogen) atoms. The van der Waals surface area contributed by atoms with E-state index in [9.17, 15) is 19.2 Å². The highest BCUT2D eigenvalue weighted by Gasteiger charge is 2.25. The van der Waals surface area contributed by atoms with Gasteiger partial charge in [0.05, 0.1) is 54.8 Å². The van der Waals surface area contributed by atoms with E-state index in [4.69, 9.17) is 90.2 Å². The third kappa shape index (κ3) is 12.4. The monoisotopic (exact) mass is 790 g/mol. The van der Waals surface area contributed by atoms with Crippen LogP contribution in [0.2, 0.25) is 30.1 Å². The minimum Gasteiger partial charge on any atom is -0.458 e. The van der Waals surface area contributed by atoms with Gasteiger partial charge in [-0.25, -0.2) is 9.59 Å². The average Bonchev–Trinajstić information content (AvgIpc) is 3.02. The summed E-state index contributed by atoms with van der Waals surface area (Å²) in [5.74, 6) is -3.79. The first-order valence-corrected chi connectivity index (χ1v) is 16.7. The second-order valence-electron chi connectivity index (χ2n) is 10.2. The van der Waals surface area contributed by atoms with Gasteiger partial charge in [0.2, 0.25) is 0 Å². The first-order valence-electron chi connectivity index (χ1n) is 14.5. The number of esters is 2. The lowest BCUT2D eigenvalue weighted by atomic mass is 10.1. The van der Waals surface area contributed by atoms with Crippen LogP contribution >= 0.6 is 69.6 Å². The summed E-state index contributed by atoms with van der Waals surface area (Å²) in [4.78, 5) is 52.1. The zero-order valence-corrected chi connectivity index (χ0v) is 31.1. The molecule has 0 aliphatic rings. The Morgan fingerprint density at radius 1 is 0.735 bits per heavy atom. The average molecular weight is 793 g/mol. The van der Waals surface area contributed by atoms with Crippen LogP contribution in [0.3, 0.4) is 0 Å². The topological polar surface area (TPSA) is 161 Å². The molecule has 2 atom stereocenters. The van der Waals surface area contributed by atoms with Crippen molar-refractivity contribution in [3.05, 3.63) is 102 Å². The molecule has 0 spiro atoms. The lowest BCUT2D eigenvalue weighted by molar-refractivity contribution is -0.144. The number of carbonyl (C=O) groups is 4. The molecule has 16 heteroatoms. The zero-order valence-electron chi connectivity index (χ0n) is 26.6. The van der Waals surface area contributed by atoms with Crippen molar-refractivity contribution in [2.75, 3.05) is 10.6 Å². The third-order valence-corrected chi connectivity index (χ3v) is 8.11. The Kier molecular flexibility index (Phi) is 16.7. The molecule has 0 aliphatic carbocycles. The standard InChI is InChI=1S/C33H32Cl6N4O6/c1-5-16(3)48-32(46)26(40)20(30(44)42-28-22(36)12-18(34)13-23(28)37)10-8-7-9-11-21(27(41)33(47)49-17(4)6-2)31(45)43-29-24(38)14-19(35)15-25(29)39/h7-17,40H,5-6,41H2,1-4H3,(H,42,44)(H,43,45). The van der Waals surface area contributed by atoms with Gasteiger partial charge in [-0.1, -0.05) is 102 Å². The summed E-state index contributed by atoms with van der Waals surface area (Å²) in [5, 5.41) is 13.9. The van der Waals surface area contributed by atoms with Crippen LogP contribution in [0, 0.1) is 5.41 Å². The fraction of sp³-hybridized carbons (Fsp3) is 0.242. The fourth-order valence-corrected chi connectivity index (χ4v) is 5.31. The Bertz CT molecular complexity index is 1710. The number of allylic oxidation sites excluding steroid dienone is 4. The number of benzene rings is 2. The molecule has 0 saturated carbocycles. The van der Waals surface area contributed by atoms with Crippen molar-refractivity contribution in [2.45, 2.75) is 52.7 Å². The van der Waals surface area contributed by atoms with Crippen molar-refractivity contribution in [3.8, 4) is 0 Å². The Morgan fingerprint density at radius 3 is 1.61 bits per heavy atom. The van der Waals surface area contributed by atoms with E-state index < -0.39 is 52.9 Å². The number of carbonyl (C=O) groups excluding carboxylic acids is 4. The number of ether oxygens (including phenoxy) is 2. The molecular formula is C33H32Cl6N4O6. The van der Waals surface area contributed by atoms with Crippen molar-refractivity contribution in [1.29, 1.82) is 5.41 Å². The van der Waals surface area contributed by atoms with Gasteiger partial charge in [0, 0.05) is 10.0 Å². The SMILES string of the molecule is CCC(C)OC(=O)C(=N)C(=CC=CC=CC(C(=O)Nc1c(Cl)cc(Cl)cc1Cl)=C(N)C(=O)OC(C)CC)C(=O)Nc1c(Cl)cc(Cl)cc1Cl. The van der Waals surface area contributed by atoms with Crippen LogP contribution in [0.4, 0.5) is 11.4 Å². The van der Waals surface area contributed by atoms with Crippen molar-refractivity contribution in [3.63, 3.8) is 0 Å². The van der Waals surface area contributed by atoms with Crippen LogP contribution in [-0.2, 0) is 28.7 Å². The molecule has 0 aromatic heterocycles. The molecular weight excluding hydrogens is 761 g/mol. The Hall–Kier alpha value is -3.51. The van der Waals surface area contributed by atoms with Crippen LogP contribution in [0.15, 0.2) is 71.5 Å². The van der Waals surface area contributed by atoms with Crippen LogP contribution < -0.4 is 16.4 Å². The predicted molar refractivity (Wildman–Crippen MR) is 197 cm³/mol. The summed E-state index contributed by atoms with van der Waals surface area (Å²) in [7, 11) is 0. The van der Waals surface area contributed by atoms with Crippen molar-refractivity contribution < 1.29 is 28.7 Å². The summed E-state index contributed by atoms with van der Waals surface area (Å²) in [6, 6.07) is 5.42. The predicted octanol–water partition coefficient (Wildman–Crippen LogP) is 9.14. The number of nitrogens with one attached hydrogen (secondary N) is 3. The molecule has 0 aliphatic heterocycles. The van der Waals surface area contributed by atoms with E-state index in [0.29, 0.717) is 12.8 Å². The van der Waals surface area contributed by atoms with E-state index >= 15 is 0 Å². The van der Waals surface area contributed by atoms with Gasteiger partial charge in [0.25, 0.3) is 11.8 Å². The smallest absolute Gasteiger partial charge is 0.357 e. The van der Waals surface area contributed by atoms with Gasteiger partial charge in [-0.3, -0.25) is 15.0 Å². The molecule has 0 fully saturated rings. The lowest BCUT2D eigenvalue weighted by Gasteiger charge is -2.14. The van der Waals surface area contributed by atoms with E-state index in [-0.39, 0.29) is 47.1 Å². The second-order valence-corrected chi connectivity index (χ2v) is 12.7. The maximum absolute atomic E-state index is 13.3. The molecule has 0 saturated heterocycles. The maximum atomic E-state index is 13.3. The summed E-state index contributed by atoms with van der Waals surface area (Å²) in [6.07, 6.45) is 6.23. The van der Waals surface area contributed by atoms with Gasteiger partial charge in [0.15, 0.2) is 5.71 Å². The van der Waals surface area contributed by atoms with Crippen LogP contribution in [-0.4, -0.2) is 41.7 Å². The van der Waals surface area contributed by atoms with E-state index in [1.807, 2.05) is 0 Å². The zero-order chi connectivity index (χ0) is 37.0. The Morgan fingerprint density at radius 2 is 1.16 bits per heavy atom. The van der Waals surface area contributed by atoms with E-state index in [2.05, 4.69) is 10.6 Å². The first-order chi connectivity index (χ1) is 23.0. The highest BCUT2D eigenvalue weighted by Crippen LogP contribution is 2.35. The maximum Gasteiger partial charge on any atom is 0.357 e. The molecule has 2 aromatic rings. The number of amides is 2. The summed E-state index contributed by atoms with van der Waals surface area (Å²) in [6.45, 7) is 6.86. The number of hydrogen-bond acceptors (Lipinski definition) is 8. The fourth-order valence-electron chi connectivity index (χ4n) is 3.49. The molecule has 0 bridgehead atoms. The molecule has 2 rings (SSSR count). The van der Waals surface area contributed by atoms with Crippen molar-refractivity contribution in [2.24, 2.45) is 5.73 Å². The van der Waals surface area contributed by atoms with Crippen LogP contribution in [0.25, 0.3) is 0 Å². The van der Waals surface area contributed by atoms with Gasteiger partial charge in [-0.05, 0) is 63.1 Å². The molecule has 2 aromatic carbocycles. The molecule has 262 valence electrons. The van der Waals surface area contributed by atoms with Crippen molar-refractivity contribution in [1.82, 2.24) is 0 Å². The van der Waals surface area contributed by atoms with Crippen LogP contribution in [0.1, 0.15) is 40.5 Å².